The van der Waals surface area contributed by atoms with Crippen LogP contribution in [0.25, 0.3) is 0 Å². The SMILES string of the molecule is CN1CC(CN)(N2CCC2)C1. The molecular formula is C8H17N3. The normalized spacial score (nSPS) is 31.1. The largest absolute Gasteiger partial charge is 0.329 e. The number of hydrogen-bond donors (Lipinski definition) is 1. The van der Waals surface area contributed by atoms with E-state index in [2.05, 4.69) is 16.8 Å². The highest BCUT2D eigenvalue weighted by Crippen LogP contribution is 2.29. The Hall–Kier alpha value is -0.120. The van der Waals surface area contributed by atoms with Crippen LogP contribution in [-0.2, 0) is 0 Å². The lowest BCUT2D eigenvalue weighted by molar-refractivity contribution is -0.0668. The second-order valence-electron chi connectivity index (χ2n) is 3.94. The van der Waals surface area contributed by atoms with Gasteiger partial charge in [0.2, 0.25) is 0 Å². The van der Waals surface area contributed by atoms with Crippen LogP contribution in [0.15, 0.2) is 0 Å². The van der Waals surface area contributed by atoms with Gasteiger partial charge in [-0.1, -0.05) is 0 Å². The van der Waals surface area contributed by atoms with E-state index in [0.717, 1.165) is 6.54 Å². The molecule has 0 saturated carbocycles. The molecule has 0 aromatic carbocycles. The fourth-order valence-electron chi connectivity index (χ4n) is 2.21. The molecule has 0 unspecified atom stereocenters. The number of rotatable bonds is 2. The van der Waals surface area contributed by atoms with E-state index in [0.29, 0.717) is 5.54 Å². The Kier molecular flexibility index (Phi) is 1.67. The van der Waals surface area contributed by atoms with E-state index in [-0.39, 0.29) is 0 Å². The van der Waals surface area contributed by atoms with Crippen LogP contribution in [0.2, 0.25) is 0 Å². The van der Waals surface area contributed by atoms with Crippen LogP contribution < -0.4 is 5.73 Å². The van der Waals surface area contributed by atoms with Crippen LogP contribution >= 0.6 is 0 Å². The van der Waals surface area contributed by atoms with E-state index in [1.165, 1.54) is 32.6 Å². The van der Waals surface area contributed by atoms with Gasteiger partial charge in [-0.05, 0) is 13.5 Å². The highest BCUT2D eigenvalue weighted by atomic mass is 15.4. The second kappa shape index (κ2) is 2.44. The molecule has 0 aliphatic carbocycles. The zero-order valence-electron chi connectivity index (χ0n) is 7.21. The van der Waals surface area contributed by atoms with Crippen LogP contribution in [-0.4, -0.2) is 55.1 Å². The van der Waals surface area contributed by atoms with Gasteiger partial charge in [-0.2, -0.15) is 0 Å². The van der Waals surface area contributed by atoms with Crippen molar-refractivity contribution in [3.8, 4) is 0 Å². The zero-order valence-corrected chi connectivity index (χ0v) is 7.21. The van der Waals surface area contributed by atoms with Crippen molar-refractivity contribution in [2.75, 3.05) is 39.8 Å². The molecule has 64 valence electrons. The maximum atomic E-state index is 5.77. The molecule has 0 spiro atoms. The van der Waals surface area contributed by atoms with Crippen molar-refractivity contribution >= 4 is 0 Å². The van der Waals surface area contributed by atoms with Gasteiger partial charge in [0.1, 0.15) is 0 Å². The highest BCUT2D eigenvalue weighted by molar-refractivity contribution is 5.05. The fourth-order valence-corrected chi connectivity index (χ4v) is 2.21. The molecule has 2 fully saturated rings. The molecule has 2 N–H and O–H groups in total. The van der Waals surface area contributed by atoms with Crippen molar-refractivity contribution in [3.63, 3.8) is 0 Å². The summed E-state index contributed by atoms with van der Waals surface area (Å²) in [5.41, 5.74) is 6.14. The van der Waals surface area contributed by atoms with E-state index in [9.17, 15) is 0 Å². The first-order valence-electron chi connectivity index (χ1n) is 4.40. The summed E-state index contributed by atoms with van der Waals surface area (Å²) < 4.78 is 0. The van der Waals surface area contributed by atoms with E-state index < -0.39 is 0 Å². The second-order valence-corrected chi connectivity index (χ2v) is 3.94. The Morgan fingerprint density at radius 1 is 1.36 bits per heavy atom. The van der Waals surface area contributed by atoms with Crippen molar-refractivity contribution < 1.29 is 0 Å². The van der Waals surface area contributed by atoms with Crippen LogP contribution in [0, 0.1) is 0 Å². The lowest BCUT2D eigenvalue weighted by Crippen LogP contribution is -2.74. The van der Waals surface area contributed by atoms with Gasteiger partial charge in [0.05, 0.1) is 5.54 Å². The minimum atomic E-state index is 0.368. The summed E-state index contributed by atoms with van der Waals surface area (Å²) in [6, 6.07) is 0. The molecule has 11 heavy (non-hydrogen) atoms. The zero-order chi connectivity index (χ0) is 7.90. The van der Waals surface area contributed by atoms with Crippen LogP contribution in [0.5, 0.6) is 0 Å². The molecular weight excluding hydrogens is 138 g/mol. The van der Waals surface area contributed by atoms with Gasteiger partial charge in [-0.25, -0.2) is 0 Å². The lowest BCUT2D eigenvalue weighted by atomic mass is 9.86. The van der Waals surface area contributed by atoms with Crippen LogP contribution in [0.4, 0.5) is 0 Å². The number of likely N-dealkylation sites (tertiary alicyclic amines) is 2. The van der Waals surface area contributed by atoms with E-state index in [1.54, 1.807) is 0 Å². The molecule has 0 amide bonds. The summed E-state index contributed by atoms with van der Waals surface area (Å²) in [4.78, 5) is 4.87. The van der Waals surface area contributed by atoms with Crippen LogP contribution in [0.3, 0.4) is 0 Å². The molecule has 3 nitrogen and oxygen atoms in total. The third-order valence-corrected chi connectivity index (χ3v) is 3.04. The van der Waals surface area contributed by atoms with Gasteiger partial charge in [0, 0.05) is 32.7 Å². The Balaban J connectivity index is 1.95. The summed E-state index contributed by atoms with van der Waals surface area (Å²) in [6.07, 6.45) is 1.37. The predicted molar refractivity (Wildman–Crippen MR) is 45.5 cm³/mol. The van der Waals surface area contributed by atoms with Crippen molar-refractivity contribution in [2.24, 2.45) is 5.73 Å². The number of likely N-dealkylation sites (N-methyl/N-ethyl adjacent to an activating group) is 1. The Morgan fingerprint density at radius 2 is 2.00 bits per heavy atom. The molecule has 2 heterocycles. The van der Waals surface area contributed by atoms with Gasteiger partial charge < -0.3 is 10.6 Å². The van der Waals surface area contributed by atoms with Crippen molar-refractivity contribution in [1.29, 1.82) is 0 Å². The minimum absolute atomic E-state index is 0.368. The Bertz CT molecular complexity index is 147. The van der Waals surface area contributed by atoms with E-state index >= 15 is 0 Å². The van der Waals surface area contributed by atoms with Gasteiger partial charge in [-0.3, -0.25) is 4.90 Å². The maximum Gasteiger partial charge on any atom is 0.0586 e. The molecule has 0 bridgehead atoms. The Labute approximate surface area is 68.1 Å². The third kappa shape index (κ3) is 0.991. The smallest absolute Gasteiger partial charge is 0.0586 e. The molecule has 0 radical (unpaired) electrons. The van der Waals surface area contributed by atoms with Crippen molar-refractivity contribution in [3.05, 3.63) is 0 Å². The van der Waals surface area contributed by atoms with Gasteiger partial charge in [-0.15, -0.1) is 0 Å². The minimum Gasteiger partial charge on any atom is -0.329 e. The predicted octanol–water partition coefficient (Wildman–Crippen LogP) is -0.665. The highest BCUT2D eigenvalue weighted by Gasteiger charge is 2.46. The molecule has 2 saturated heterocycles. The molecule has 2 rings (SSSR count). The topological polar surface area (TPSA) is 32.5 Å². The molecule has 0 aromatic rings. The Morgan fingerprint density at radius 3 is 2.27 bits per heavy atom. The van der Waals surface area contributed by atoms with Crippen LogP contribution in [0.1, 0.15) is 6.42 Å². The molecule has 0 aromatic heterocycles. The number of hydrogen-bond acceptors (Lipinski definition) is 3. The lowest BCUT2D eigenvalue weighted by Gasteiger charge is -2.57. The quantitative estimate of drug-likeness (QED) is 0.574. The number of nitrogens with two attached hydrogens (primary N) is 1. The third-order valence-electron chi connectivity index (χ3n) is 3.04. The maximum absolute atomic E-state index is 5.77. The van der Waals surface area contributed by atoms with Gasteiger partial charge in [0.15, 0.2) is 0 Å². The summed E-state index contributed by atoms with van der Waals surface area (Å²) in [7, 11) is 2.16. The first-order chi connectivity index (χ1) is 5.27. The average molecular weight is 155 g/mol. The summed E-state index contributed by atoms with van der Waals surface area (Å²) in [5, 5.41) is 0. The first-order valence-corrected chi connectivity index (χ1v) is 4.40. The average Bonchev–Trinajstić information content (AvgIpc) is 1.79. The molecule has 0 atom stereocenters. The van der Waals surface area contributed by atoms with Crippen molar-refractivity contribution in [1.82, 2.24) is 9.80 Å². The summed E-state index contributed by atoms with van der Waals surface area (Å²) in [6.45, 7) is 5.71. The molecule has 2 aliphatic rings. The van der Waals surface area contributed by atoms with Gasteiger partial charge in [0.25, 0.3) is 0 Å². The summed E-state index contributed by atoms with van der Waals surface area (Å²) >= 11 is 0. The monoisotopic (exact) mass is 155 g/mol. The fraction of sp³-hybridized carbons (Fsp3) is 1.00. The van der Waals surface area contributed by atoms with Gasteiger partial charge >= 0.3 is 0 Å². The van der Waals surface area contributed by atoms with E-state index in [1.807, 2.05) is 0 Å². The standard InChI is InChI=1S/C8H17N3/c1-10-6-8(5-9,7-10)11-3-2-4-11/h2-7,9H2,1H3. The number of nitrogens with zero attached hydrogens (tertiary/aromatic N) is 2. The van der Waals surface area contributed by atoms with E-state index in [4.69, 9.17) is 5.73 Å². The van der Waals surface area contributed by atoms with Crippen molar-refractivity contribution in [2.45, 2.75) is 12.0 Å². The molecule has 3 heteroatoms. The summed E-state index contributed by atoms with van der Waals surface area (Å²) in [5.74, 6) is 0. The first kappa shape index (κ1) is 7.53. The molecule has 2 aliphatic heterocycles.